The number of carbonyl (C=O) groups is 2. The van der Waals surface area contributed by atoms with Crippen molar-refractivity contribution in [2.75, 3.05) is 36.9 Å². The van der Waals surface area contributed by atoms with E-state index in [0.29, 0.717) is 17.9 Å². The van der Waals surface area contributed by atoms with Crippen LogP contribution in [0.3, 0.4) is 0 Å². The molecule has 31 heavy (non-hydrogen) atoms. The number of hydrogen-bond acceptors (Lipinski definition) is 6. The van der Waals surface area contributed by atoms with Gasteiger partial charge in [-0.25, -0.2) is 0 Å². The molecule has 0 unspecified atom stereocenters. The summed E-state index contributed by atoms with van der Waals surface area (Å²) >= 11 is 0. The lowest BCUT2D eigenvalue weighted by Gasteiger charge is -2.15. The molecule has 1 aliphatic rings. The van der Waals surface area contributed by atoms with Gasteiger partial charge in [0.15, 0.2) is 5.69 Å². The first-order chi connectivity index (χ1) is 15.2. The molecule has 4 rings (SSSR count). The molecule has 1 saturated heterocycles. The highest BCUT2D eigenvalue weighted by Gasteiger charge is 2.18. The maximum atomic E-state index is 12.6. The van der Waals surface area contributed by atoms with Crippen molar-refractivity contribution in [3.63, 3.8) is 0 Å². The molecule has 0 radical (unpaired) electrons. The normalized spacial score (nSPS) is 13.7. The highest BCUT2D eigenvalue weighted by Crippen LogP contribution is 2.19. The first-order valence-electron chi connectivity index (χ1n) is 10.2. The van der Waals surface area contributed by atoms with Crippen LogP contribution in [-0.2, 0) is 0 Å². The zero-order valence-electron chi connectivity index (χ0n) is 17.0. The Kier molecular flexibility index (Phi) is 6.53. The Hall–Kier alpha value is -3.72. The smallest absolute Gasteiger partial charge is 0.278 e. The molecule has 3 heterocycles. The number of ether oxygens (including phenoxy) is 1. The Morgan fingerprint density at radius 2 is 1.87 bits per heavy atom. The van der Waals surface area contributed by atoms with E-state index >= 15 is 0 Å². The van der Waals surface area contributed by atoms with Crippen LogP contribution in [0.2, 0.25) is 0 Å². The summed E-state index contributed by atoms with van der Waals surface area (Å²) in [5.41, 5.74) is 1.36. The molecule has 0 saturated carbocycles. The number of nitrogens with zero attached hydrogens (tertiary/aromatic N) is 3. The average Bonchev–Trinajstić information content (AvgIpc) is 3.48. The highest BCUT2D eigenvalue weighted by atomic mass is 16.5. The summed E-state index contributed by atoms with van der Waals surface area (Å²) in [6, 6.07) is 10.5. The Morgan fingerprint density at radius 1 is 1.06 bits per heavy atom. The van der Waals surface area contributed by atoms with Crippen LogP contribution < -0.4 is 15.4 Å². The van der Waals surface area contributed by atoms with E-state index in [1.54, 1.807) is 30.5 Å². The third-order valence-electron chi connectivity index (χ3n) is 5.01. The minimum atomic E-state index is -0.439. The summed E-state index contributed by atoms with van der Waals surface area (Å²) in [6.07, 6.45) is 7.01. The lowest BCUT2D eigenvalue weighted by Crippen LogP contribution is -2.25. The third-order valence-corrected chi connectivity index (χ3v) is 5.01. The van der Waals surface area contributed by atoms with Gasteiger partial charge in [-0.2, -0.15) is 5.10 Å². The molecule has 160 valence electrons. The molecule has 1 fully saturated rings. The standard InChI is InChI=1S/C22H24N6O3/c29-21(16-4-3-9-23-14-16)26-19-15-24-27-20(19)22(30)25-17-5-7-18(8-6-17)31-13-12-28-10-1-2-11-28/h3-9,14-15H,1-2,10-13H2,(H,24,27)(H,25,30)(H,26,29). The van der Waals surface area contributed by atoms with Crippen molar-refractivity contribution >= 4 is 23.2 Å². The number of aromatic nitrogens is 3. The lowest BCUT2D eigenvalue weighted by molar-refractivity contribution is 0.102. The molecule has 0 spiro atoms. The number of amides is 2. The van der Waals surface area contributed by atoms with E-state index in [0.717, 1.165) is 25.4 Å². The van der Waals surface area contributed by atoms with Gasteiger partial charge in [-0.3, -0.25) is 24.6 Å². The first-order valence-corrected chi connectivity index (χ1v) is 10.2. The van der Waals surface area contributed by atoms with Crippen LogP contribution in [0.5, 0.6) is 5.75 Å². The fourth-order valence-electron chi connectivity index (χ4n) is 3.37. The van der Waals surface area contributed by atoms with Crippen molar-refractivity contribution < 1.29 is 14.3 Å². The average molecular weight is 420 g/mol. The minimum Gasteiger partial charge on any atom is -0.492 e. The zero-order valence-corrected chi connectivity index (χ0v) is 17.0. The summed E-state index contributed by atoms with van der Waals surface area (Å²) in [7, 11) is 0. The molecule has 0 atom stereocenters. The molecular weight excluding hydrogens is 396 g/mol. The van der Waals surface area contributed by atoms with Crippen LogP contribution in [0.25, 0.3) is 0 Å². The summed E-state index contributed by atoms with van der Waals surface area (Å²) in [5, 5.41) is 12.0. The Balaban J connectivity index is 1.31. The predicted octanol–water partition coefficient (Wildman–Crippen LogP) is 2.78. The Bertz CT molecular complexity index is 1010. The second-order valence-corrected chi connectivity index (χ2v) is 7.22. The van der Waals surface area contributed by atoms with Crippen molar-refractivity contribution in [1.29, 1.82) is 0 Å². The number of carbonyl (C=O) groups excluding carboxylic acids is 2. The Morgan fingerprint density at radius 3 is 2.61 bits per heavy atom. The molecular formula is C22H24N6O3. The second-order valence-electron chi connectivity index (χ2n) is 7.22. The van der Waals surface area contributed by atoms with Gasteiger partial charge >= 0.3 is 0 Å². The largest absolute Gasteiger partial charge is 0.492 e. The summed E-state index contributed by atoms with van der Waals surface area (Å²) in [6.45, 7) is 3.85. The molecule has 9 heteroatoms. The maximum absolute atomic E-state index is 12.6. The van der Waals surface area contributed by atoms with Gasteiger partial charge in [-0.1, -0.05) is 0 Å². The van der Waals surface area contributed by atoms with Gasteiger partial charge in [0, 0.05) is 30.8 Å². The quantitative estimate of drug-likeness (QED) is 0.517. The summed E-state index contributed by atoms with van der Waals surface area (Å²) in [5.74, 6) is -0.0641. The minimum absolute atomic E-state index is 0.0863. The molecule has 2 aromatic heterocycles. The van der Waals surface area contributed by atoms with E-state index < -0.39 is 5.91 Å². The van der Waals surface area contributed by atoms with Crippen molar-refractivity contribution in [1.82, 2.24) is 20.1 Å². The SMILES string of the molecule is O=C(Nc1c[nH]nc1C(=O)Nc1ccc(OCCN2CCCC2)cc1)c1cccnc1. The second kappa shape index (κ2) is 9.86. The fourth-order valence-corrected chi connectivity index (χ4v) is 3.37. The summed E-state index contributed by atoms with van der Waals surface area (Å²) in [4.78, 5) is 31.2. The summed E-state index contributed by atoms with van der Waals surface area (Å²) < 4.78 is 5.78. The molecule has 1 aliphatic heterocycles. The van der Waals surface area contributed by atoms with Gasteiger partial charge in [-0.15, -0.1) is 0 Å². The van der Waals surface area contributed by atoms with Gasteiger partial charge in [0.1, 0.15) is 12.4 Å². The highest BCUT2D eigenvalue weighted by molar-refractivity contribution is 6.11. The van der Waals surface area contributed by atoms with E-state index in [1.165, 1.54) is 25.2 Å². The van der Waals surface area contributed by atoms with Crippen molar-refractivity contribution in [3.05, 3.63) is 66.2 Å². The number of hydrogen-bond donors (Lipinski definition) is 3. The van der Waals surface area contributed by atoms with Crippen molar-refractivity contribution in [2.45, 2.75) is 12.8 Å². The number of anilines is 2. The zero-order chi connectivity index (χ0) is 21.5. The van der Waals surface area contributed by atoms with E-state index in [9.17, 15) is 9.59 Å². The molecule has 0 aliphatic carbocycles. The maximum Gasteiger partial charge on any atom is 0.278 e. The number of aromatic amines is 1. The number of likely N-dealkylation sites (tertiary alicyclic amines) is 1. The molecule has 3 aromatic rings. The Labute approximate surface area is 179 Å². The van der Waals surface area contributed by atoms with Crippen molar-refractivity contribution in [2.24, 2.45) is 0 Å². The van der Waals surface area contributed by atoms with Crippen LogP contribution in [-0.4, -0.2) is 58.1 Å². The predicted molar refractivity (Wildman–Crippen MR) is 116 cm³/mol. The van der Waals surface area contributed by atoms with Crippen molar-refractivity contribution in [3.8, 4) is 5.75 Å². The molecule has 0 bridgehead atoms. The monoisotopic (exact) mass is 420 g/mol. The lowest BCUT2D eigenvalue weighted by atomic mass is 10.2. The van der Waals surface area contributed by atoms with Crippen LogP contribution in [0, 0.1) is 0 Å². The van der Waals surface area contributed by atoms with Crippen LogP contribution in [0.4, 0.5) is 11.4 Å². The molecule has 9 nitrogen and oxygen atoms in total. The van der Waals surface area contributed by atoms with Crippen LogP contribution in [0.15, 0.2) is 55.0 Å². The van der Waals surface area contributed by atoms with E-state index in [4.69, 9.17) is 4.74 Å². The number of benzene rings is 1. The van der Waals surface area contributed by atoms with Gasteiger partial charge < -0.3 is 15.4 Å². The number of rotatable bonds is 8. The van der Waals surface area contributed by atoms with E-state index in [-0.39, 0.29) is 17.3 Å². The number of nitrogens with one attached hydrogen (secondary N) is 3. The van der Waals surface area contributed by atoms with Gasteiger partial charge in [0.05, 0.1) is 11.3 Å². The van der Waals surface area contributed by atoms with Crippen LogP contribution >= 0.6 is 0 Å². The molecule has 3 N–H and O–H groups in total. The van der Waals surface area contributed by atoms with Crippen LogP contribution in [0.1, 0.15) is 33.7 Å². The number of pyridine rings is 1. The van der Waals surface area contributed by atoms with Gasteiger partial charge in [-0.05, 0) is 62.3 Å². The first kappa shape index (κ1) is 20.5. The van der Waals surface area contributed by atoms with E-state index in [1.807, 2.05) is 12.1 Å². The van der Waals surface area contributed by atoms with Gasteiger partial charge in [0.25, 0.3) is 11.8 Å². The fraction of sp³-hybridized carbons (Fsp3) is 0.273. The van der Waals surface area contributed by atoms with Gasteiger partial charge in [0.2, 0.25) is 0 Å². The topological polar surface area (TPSA) is 112 Å². The molecule has 2 amide bonds. The molecule has 1 aromatic carbocycles. The third kappa shape index (κ3) is 5.46. The van der Waals surface area contributed by atoms with E-state index in [2.05, 4.69) is 30.7 Å². The number of H-pyrrole nitrogens is 1.